The topological polar surface area (TPSA) is 52.2 Å². The molecule has 0 bridgehead atoms. The van der Waals surface area contributed by atoms with Gasteiger partial charge in [-0.3, -0.25) is 9.78 Å². The van der Waals surface area contributed by atoms with Gasteiger partial charge in [0.2, 0.25) is 5.95 Å². The fourth-order valence-corrected chi connectivity index (χ4v) is 4.24. The van der Waals surface area contributed by atoms with Crippen molar-refractivity contribution in [2.45, 2.75) is 6.18 Å². The highest BCUT2D eigenvalue weighted by Crippen LogP contribution is 2.32. The molecule has 2 heterocycles. The first-order valence-corrected chi connectivity index (χ1v) is 10.7. The van der Waals surface area contributed by atoms with Crippen LogP contribution in [-0.4, -0.2) is 36.1 Å². The number of anilines is 2. The summed E-state index contributed by atoms with van der Waals surface area (Å²) >= 11 is 0. The van der Waals surface area contributed by atoms with E-state index in [4.69, 9.17) is 4.98 Å². The van der Waals surface area contributed by atoms with Crippen molar-refractivity contribution in [1.29, 1.82) is 0 Å². The zero-order chi connectivity index (χ0) is 23.0. The number of aromatic amines is 1. The van der Waals surface area contributed by atoms with Crippen molar-refractivity contribution in [3.05, 3.63) is 88.7 Å². The van der Waals surface area contributed by atoms with E-state index in [0.29, 0.717) is 43.5 Å². The number of aromatic nitrogens is 2. The fraction of sp³-hybridized carbons (Fsp3) is 0.200. The second-order valence-electron chi connectivity index (χ2n) is 8.00. The number of halogens is 3. The third-order valence-corrected chi connectivity index (χ3v) is 5.91. The second-order valence-corrected chi connectivity index (χ2v) is 8.00. The first-order valence-electron chi connectivity index (χ1n) is 10.7. The van der Waals surface area contributed by atoms with Crippen molar-refractivity contribution in [2.75, 3.05) is 36.0 Å². The molecular formula is C25H21F3N4O. The molecule has 5 nitrogen and oxygen atoms in total. The first-order chi connectivity index (χ1) is 15.9. The van der Waals surface area contributed by atoms with Crippen molar-refractivity contribution in [3.63, 3.8) is 0 Å². The maximum absolute atomic E-state index is 13.1. The van der Waals surface area contributed by atoms with E-state index in [1.165, 1.54) is 18.2 Å². The van der Waals surface area contributed by atoms with Gasteiger partial charge in [-0.2, -0.15) is 13.2 Å². The van der Waals surface area contributed by atoms with Gasteiger partial charge in [-0.1, -0.05) is 48.5 Å². The van der Waals surface area contributed by atoms with Gasteiger partial charge < -0.3 is 9.80 Å². The van der Waals surface area contributed by atoms with E-state index in [9.17, 15) is 18.0 Å². The maximum Gasteiger partial charge on any atom is 0.416 e. The predicted molar refractivity (Wildman–Crippen MR) is 124 cm³/mol. The lowest BCUT2D eigenvalue weighted by molar-refractivity contribution is -0.137. The van der Waals surface area contributed by atoms with Gasteiger partial charge in [-0.15, -0.1) is 0 Å². The van der Waals surface area contributed by atoms with Gasteiger partial charge in [0.25, 0.3) is 5.56 Å². The van der Waals surface area contributed by atoms with E-state index >= 15 is 0 Å². The summed E-state index contributed by atoms with van der Waals surface area (Å²) in [5, 5.41) is 2.08. The first kappa shape index (κ1) is 21.1. The molecule has 3 aromatic carbocycles. The number of benzene rings is 3. The molecule has 0 spiro atoms. The lowest BCUT2D eigenvalue weighted by Gasteiger charge is -2.36. The molecule has 0 unspecified atom stereocenters. The quantitative estimate of drug-likeness (QED) is 0.481. The summed E-state index contributed by atoms with van der Waals surface area (Å²) in [5.74, 6) is 0.467. The van der Waals surface area contributed by atoms with Crippen LogP contribution in [0, 0.1) is 0 Å². The highest BCUT2D eigenvalue weighted by Gasteiger charge is 2.31. The highest BCUT2D eigenvalue weighted by atomic mass is 19.4. The Hall–Kier alpha value is -3.81. The zero-order valence-corrected chi connectivity index (χ0v) is 17.6. The van der Waals surface area contributed by atoms with E-state index in [-0.39, 0.29) is 5.56 Å². The van der Waals surface area contributed by atoms with E-state index in [0.717, 1.165) is 22.4 Å². The molecule has 0 aliphatic carbocycles. The Morgan fingerprint density at radius 3 is 2.30 bits per heavy atom. The minimum absolute atomic E-state index is 0.247. The summed E-state index contributed by atoms with van der Waals surface area (Å²) in [6.45, 7) is 2.09. The molecule has 1 aliphatic rings. The average Bonchev–Trinajstić information content (AvgIpc) is 2.83. The molecule has 4 aromatic rings. The summed E-state index contributed by atoms with van der Waals surface area (Å²) in [7, 11) is 0. The molecule has 8 heteroatoms. The van der Waals surface area contributed by atoms with Crippen LogP contribution >= 0.6 is 0 Å². The monoisotopic (exact) mass is 450 g/mol. The van der Waals surface area contributed by atoms with Crippen LogP contribution in [0.4, 0.5) is 24.8 Å². The Kier molecular flexibility index (Phi) is 5.28. The number of hydrogen-bond donors (Lipinski definition) is 1. The highest BCUT2D eigenvalue weighted by molar-refractivity contribution is 5.95. The molecule has 168 valence electrons. The minimum atomic E-state index is -4.37. The van der Waals surface area contributed by atoms with Crippen LogP contribution in [0.15, 0.2) is 77.6 Å². The van der Waals surface area contributed by atoms with Crippen molar-refractivity contribution >= 4 is 22.4 Å². The molecule has 0 amide bonds. The summed E-state index contributed by atoms with van der Waals surface area (Å²) in [5.41, 5.74) is 1.10. The lowest BCUT2D eigenvalue weighted by atomic mass is 10.0. The fourth-order valence-electron chi connectivity index (χ4n) is 4.24. The van der Waals surface area contributed by atoms with Crippen LogP contribution in [0.5, 0.6) is 0 Å². The Labute approximate surface area is 188 Å². The molecular weight excluding hydrogens is 429 g/mol. The summed E-state index contributed by atoms with van der Waals surface area (Å²) in [6.07, 6.45) is -4.37. The number of alkyl halides is 3. The summed E-state index contributed by atoms with van der Waals surface area (Å²) in [4.78, 5) is 23.9. The van der Waals surface area contributed by atoms with Gasteiger partial charge in [0, 0.05) is 43.5 Å². The molecule has 0 saturated carbocycles. The number of piperazine rings is 1. The molecule has 1 aliphatic heterocycles. The number of rotatable bonds is 3. The van der Waals surface area contributed by atoms with Crippen LogP contribution in [-0.2, 0) is 6.18 Å². The van der Waals surface area contributed by atoms with Crippen molar-refractivity contribution < 1.29 is 13.2 Å². The number of hydrogen-bond acceptors (Lipinski definition) is 4. The van der Waals surface area contributed by atoms with Gasteiger partial charge in [0.15, 0.2) is 0 Å². The third kappa shape index (κ3) is 4.28. The molecule has 0 radical (unpaired) electrons. The van der Waals surface area contributed by atoms with Crippen LogP contribution in [0.1, 0.15) is 5.56 Å². The zero-order valence-electron chi connectivity index (χ0n) is 17.6. The Bertz CT molecular complexity index is 1350. The molecule has 1 saturated heterocycles. The van der Waals surface area contributed by atoms with Gasteiger partial charge in [0.05, 0.1) is 11.3 Å². The average molecular weight is 450 g/mol. The van der Waals surface area contributed by atoms with Crippen LogP contribution in [0.2, 0.25) is 0 Å². The van der Waals surface area contributed by atoms with Crippen LogP contribution in [0.3, 0.4) is 0 Å². The summed E-state index contributed by atoms with van der Waals surface area (Å²) in [6, 6.07) is 20.7. The van der Waals surface area contributed by atoms with Crippen molar-refractivity contribution in [2.24, 2.45) is 0 Å². The molecule has 1 aromatic heterocycles. The van der Waals surface area contributed by atoms with E-state index in [2.05, 4.69) is 4.98 Å². The SMILES string of the molecule is O=c1cc(-c2cccc3ccccc23)nc(N2CCN(c3cccc(C(F)(F)F)c3)CC2)[nH]1. The van der Waals surface area contributed by atoms with Gasteiger partial charge in [0.1, 0.15) is 0 Å². The van der Waals surface area contributed by atoms with E-state index in [1.54, 1.807) is 6.07 Å². The van der Waals surface area contributed by atoms with Gasteiger partial charge >= 0.3 is 6.18 Å². The molecule has 1 fully saturated rings. The van der Waals surface area contributed by atoms with E-state index < -0.39 is 11.7 Å². The smallest absolute Gasteiger partial charge is 0.368 e. The molecule has 5 rings (SSSR count). The van der Waals surface area contributed by atoms with Crippen molar-refractivity contribution in [1.82, 2.24) is 9.97 Å². The number of H-pyrrole nitrogens is 1. The third-order valence-electron chi connectivity index (χ3n) is 5.91. The van der Waals surface area contributed by atoms with Crippen molar-refractivity contribution in [3.8, 4) is 11.3 Å². The van der Waals surface area contributed by atoms with Crippen LogP contribution < -0.4 is 15.4 Å². The maximum atomic E-state index is 13.1. The standard InChI is InChI=1S/C25H21F3N4O/c26-25(27,28)18-7-4-8-19(15-18)31-11-13-32(14-12-31)24-29-22(16-23(33)30-24)21-10-3-6-17-5-1-2-9-20(17)21/h1-10,15-16H,11-14H2,(H,29,30,33). The molecule has 33 heavy (non-hydrogen) atoms. The largest absolute Gasteiger partial charge is 0.416 e. The lowest BCUT2D eigenvalue weighted by Crippen LogP contribution is -2.47. The normalized spacial score (nSPS) is 14.6. The Morgan fingerprint density at radius 1 is 0.818 bits per heavy atom. The summed E-state index contributed by atoms with van der Waals surface area (Å²) < 4.78 is 39.2. The minimum Gasteiger partial charge on any atom is -0.368 e. The van der Waals surface area contributed by atoms with E-state index in [1.807, 2.05) is 52.3 Å². The van der Waals surface area contributed by atoms with Gasteiger partial charge in [-0.05, 0) is 29.0 Å². The number of nitrogens with zero attached hydrogens (tertiary/aromatic N) is 3. The van der Waals surface area contributed by atoms with Gasteiger partial charge in [-0.25, -0.2) is 4.98 Å². The predicted octanol–water partition coefficient (Wildman–Crippen LogP) is 4.94. The molecule has 1 N–H and O–H groups in total. The molecule has 0 atom stereocenters. The number of fused-ring (bicyclic) bond motifs is 1. The Morgan fingerprint density at radius 2 is 1.52 bits per heavy atom. The van der Waals surface area contributed by atoms with Crippen LogP contribution in [0.25, 0.3) is 22.0 Å². The number of nitrogens with one attached hydrogen (secondary N) is 1. The Balaban J connectivity index is 1.39. The second kappa shape index (κ2) is 8.27.